The number of ether oxygens (including phenoxy) is 2. The number of rotatable bonds is 6. The van der Waals surface area contributed by atoms with Gasteiger partial charge in [-0.25, -0.2) is 4.68 Å². The minimum atomic E-state index is -1.81. The number of aromatic nitrogens is 3. The molecule has 1 saturated carbocycles. The average molecular weight is 518 g/mol. The molecule has 0 unspecified atom stereocenters. The maximum atomic E-state index is 14.1. The van der Waals surface area contributed by atoms with Crippen LogP contribution >= 0.6 is 11.3 Å². The Labute approximate surface area is 230 Å². The molecule has 1 aliphatic heterocycles. The zero-order valence-corrected chi connectivity index (χ0v) is 22.2. The first kappa shape index (κ1) is 25.0. The molecule has 7 nitrogen and oxygen atoms in total. The summed E-state index contributed by atoms with van der Waals surface area (Å²) in [5, 5.41) is 6.99. The summed E-state index contributed by atoms with van der Waals surface area (Å²) in [6.07, 6.45) is 7.60. The van der Waals surface area contributed by atoms with Gasteiger partial charge >= 0.3 is 0 Å². The SMILES string of the molecule is [B]C([B])([B])N(C(=O)c1nn(-c2ccsc2)c2c1COc1cc(OC)c(-c3ccn(C)c3)cc1-2)C1CCCC1. The van der Waals surface area contributed by atoms with Crippen molar-refractivity contribution in [2.75, 3.05) is 7.11 Å². The number of carbonyl (C=O) groups excluding carboxylic acids is 1. The Morgan fingerprint density at radius 3 is 2.63 bits per heavy atom. The summed E-state index contributed by atoms with van der Waals surface area (Å²) >= 11 is 1.55. The van der Waals surface area contributed by atoms with Gasteiger partial charge in [0.2, 0.25) is 0 Å². The van der Waals surface area contributed by atoms with Gasteiger partial charge in [0.1, 0.15) is 18.1 Å². The first-order valence-corrected chi connectivity index (χ1v) is 13.5. The molecule has 11 heteroatoms. The lowest BCUT2D eigenvalue weighted by atomic mass is 9.48. The molecule has 1 amide bonds. The fraction of sp³-hybridized carbons (Fsp3) is 0.333. The number of fused-ring (bicyclic) bond motifs is 3. The number of aryl methyl sites for hydroxylation is 1. The van der Waals surface area contributed by atoms with Gasteiger partial charge in [-0.15, -0.1) is 0 Å². The van der Waals surface area contributed by atoms with E-state index in [1.165, 1.54) is 4.90 Å². The number of nitrogens with zero attached hydrogens (tertiary/aromatic N) is 4. The van der Waals surface area contributed by atoms with Crippen LogP contribution in [-0.4, -0.2) is 67.1 Å². The molecular formula is C27H25B3N4O3S. The highest BCUT2D eigenvalue weighted by Crippen LogP contribution is 2.46. The maximum Gasteiger partial charge on any atom is 0.273 e. The standard InChI is InChI=1S/C27H25B3N4O3S/c1-32-9-7-16(13-32)19-11-20-23(12-22(19)36-2)37-14-21-24(31-34(25(20)21)18-8-10-38-15-18)26(35)33(27(28,29)30)17-5-3-4-6-17/h7-13,15,17H,3-6,14H2,1-2H3. The van der Waals surface area contributed by atoms with Crippen molar-refractivity contribution in [3.63, 3.8) is 0 Å². The van der Waals surface area contributed by atoms with E-state index in [2.05, 4.69) is 0 Å². The average Bonchev–Trinajstić information content (AvgIpc) is 3.69. The van der Waals surface area contributed by atoms with E-state index < -0.39 is 11.1 Å². The summed E-state index contributed by atoms with van der Waals surface area (Å²) < 4.78 is 15.7. The third-order valence-corrected chi connectivity index (χ3v) is 8.01. The van der Waals surface area contributed by atoms with Crippen LogP contribution in [0.5, 0.6) is 11.5 Å². The Morgan fingerprint density at radius 1 is 1.21 bits per heavy atom. The van der Waals surface area contributed by atoms with E-state index in [-0.39, 0.29) is 18.3 Å². The molecule has 186 valence electrons. The van der Waals surface area contributed by atoms with Gasteiger partial charge in [0.25, 0.3) is 5.91 Å². The van der Waals surface area contributed by atoms with E-state index in [4.69, 9.17) is 38.1 Å². The number of methoxy groups -OCH3 is 1. The lowest BCUT2D eigenvalue weighted by Gasteiger charge is -2.42. The van der Waals surface area contributed by atoms with Crippen LogP contribution in [0.15, 0.2) is 47.4 Å². The van der Waals surface area contributed by atoms with E-state index in [1.807, 2.05) is 59.0 Å². The lowest BCUT2D eigenvalue weighted by molar-refractivity contribution is 0.0664. The molecule has 4 aromatic rings. The minimum absolute atomic E-state index is 0.143. The molecule has 1 fully saturated rings. The van der Waals surface area contributed by atoms with E-state index in [0.29, 0.717) is 17.1 Å². The molecule has 0 bridgehead atoms. The summed E-state index contributed by atoms with van der Waals surface area (Å²) in [6, 6.07) is 7.78. The number of hydrogen-bond acceptors (Lipinski definition) is 5. The number of thiophene rings is 1. The van der Waals surface area contributed by atoms with Crippen molar-refractivity contribution < 1.29 is 14.3 Å². The molecule has 3 aromatic heterocycles. The molecule has 2 aliphatic rings. The molecule has 6 radical (unpaired) electrons. The predicted molar refractivity (Wildman–Crippen MR) is 151 cm³/mol. The maximum absolute atomic E-state index is 14.1. The van der Waals surface area contributed by atoms with Crippen LogP contribution in [0.25, 0.3) is 28.1 Å². The predicted octanol–water partition coefficient (Wildman–Crippen LogP) is 4.01. The van der Waals surface area contributed by atoms with Gasteiger partial charge in [-0.05, 0) is 36.4 Å². The molecule has 0 atom stereocenters. The second kappa shape index (κ2) is 9.45. The lowest BCUT2D eigenvalue weighted by Crippen LogP contribution is -2.57. The van der Waals surface area contributed by atoms with Gasteiger partial charge in [0.15, 0.2) is 5.69 Å². The molecule has 0 N–H and O–H groups in total. The van der Waals surface area contributed by atoms with Crippen LogP contribution < -0.4 is 9.47 Å². The second-order valence-electron chi connectivity index (χ2n) is 9.97. The van der Waals surface area contributed by atoms with Crippen LogP contribution in [0.3, 0.4) is 0 Å². The van der Waals surface area contributed by atoms with Gasteiger partial charge in [0, 0.05) is 59.2 Å². The Morgan fingerprint density at radius 2 is 2.00 bits per heavy atom. The summed E-state index contributed by atoms with van der Waals surface area (Å²) in [6.45, 7) is 0.159. The third kappa shape index (κ3) is 4.17. The van der Waals surface area contributed by atoms with Crippen molar-refractivity contribution in [2.24, 2.45) is 7.05 Å². The largest absolute Gasteiger partial charge is 0.496 e. The fourth-order valence-electron chi connectivity index (χ4n) is 5.61. The number of benzene rings is 1. The fourth-order valence-corrected chi connectivity index (χ4v) is 6.22. The van der Waals surface area contributed by atoms with Crippen molar-refractivity contribution >= 4 is 40.8 Å². The quantitative estimate of drug-likeness (QED) is 0.363. The summed E-state index contributed by atoms with van der Waals surface area (Å²) in [5.74, 6) is 0.962. The van der Waals surface area contributed by atoms with Crippen molar-refractivity contribution in [3.05, 3.63) is 58.7 Å². The summed E-state index contributed by atoms with van der Waals surface area (Å²) in [7, 11) is 22.1. The smallest absolute Gasteiger partial charge is 0.273 e. The highest BCUT2D eigenvalue weighted by atomic mass is 32.1. The van der Waals surface area contributed by atoms with Crippen molar-refractivity contribution in [1.29, 1.82) is 0 Å². The van der Waals surface area contributed by atoms with Gasteiger partial charge in [-0.1, -0.05) is 18.1 Å². The Balaban J connectivity index is 1.55. The highest BCUT2D eigenvalue weighted by Gasteiger charge is 2.39. The summed E-state index contributed by atoms with van der Waals surface area (Å²) in [5.41, 5.74) is 5.28. The second-order valence-corrected chi connectivity index (χ2v) is 10.8. The molecule has 1 aliphatic carbocycles. The Kier molecular flexibility index (Phi) is 6.21. The van der Waals surface area contributed by atoms with Crippen LogP contribution in [-0.2, 0) is 13.7 Å². The summed E-state index contributed by atoms with van der Waals surface area (Å²) in [4.78, 5) is 15.5. The van der Waals surface area contributed by atoms with E-state index in [0.717, 1.165) is 53.8 Å². The number of hydrogen-bond donors (Lipinski definition) is 0. The normalized spacial score (nSPS) is 15.1. The van der Waals surface area contributed by atoms with Gasteiger partial charge < -0.3 is 18.9 Å². The van der Waals surface area contributed by atoms with Crippen molar-refractivity contribution in [1.82, 2.24) is 19.2 Å². The molecule has 6 rings (SSSR count). The van der Waals surface area contributed by atoms with Crippen molar-refractivity contribution in [2.45, 2.75) is 43.6 Å². The number of amides is 1. The molecule has 38 heavy (non-hydrogen) atoms. The van der Waals surface area contributed by atoms with Crippen molar-refractivity contribution in [3.8, 4) is 39.6 Å². The van der Waals surface area contributed by atoms with Crippen LogP contribution in [0.4, 0.5) is 0 Å². The third-order valence-electron chi connectivity index (χ3n) is 7.33. The van der Waals surface area contributed by atoms with Crippen LogP contribution in [0.1, 0.15) is 41.7 Å². The van der Waals surface area contributed by atoms with E-state index in [1.54, 1.807) is 23.1 Å². The zero-order chi connectivity index (χ0) is 26.6. The first-order chi connectivity index (χ1) is 18.3. The molecule has 0 spiro atoms. The Hall–Kier alpha value is -3.33. The Bertz CT molecular complexity index is 1500. The highest BCUT2D eigenvalue weighted by molar-refractivity contribution is 7.08. The van der Waals surface area contributed by atoms with Gasteiger partial charge in [-0.2, -0.15) is 16.4 Å². The van der Waals surface area contributed by atoms with Crippen LogP contribution in [0, 0.1) is 0 Å². The topological polar surface area (TPSA) is 61.5 Å². The zero-order valence-electron chi connectivity index (χ0n) is 21.4. The molecular weight excluding hydrogens is 493 g/mol. The van der Waals surface area contributed by atoms with E-state index in [9.17, 15) is 4.79 Å². The minimum Gasteiger partial charge on any atom is -0.496 e. The van der Waals surface area contributed by atoms with Gasteiger partial charge in [0.05, 0.1) is 42.0 Å². The monoisotopic (exact) mass is 518 g/mol. The van der Waals surface area contributed by atoms with Crippen LogP contribution in [0.2, 0.25) is 0 Å². The molecule has 1 aromatic carbocycles. The van der Waals surface area contributed by atoms with E-state index >= 15 is 0 Å². The van der Waals surface area contributed by atoms with Gasteiger partial charge in [-0.3, -0.25) is 4.79 Å². The first-order valence-electron chi connectivity index (χ1n) is 12.6. The molecule has 0 saturated heterocycles. The molecule has 4 heterocycles. The number of carbonyl (C=O) groups is 1.